The predicted molar refractivity (Wildman–Crippen MR) is 118 cm³/mol. The third kappa shape index (κ3) is 5.49. The van der Waals surface area contributed by atoms with Crippen molar-refractivity contribution in [2.75, 3.05) is 26.2 Å². The molecule has 2 aromatic carbocycles. The lowest BCUT2D eigenvalue weighted by Gasteiger charge is -2.35. The molecule has 6 nitrogen and oxygen atoms in total. The molecule has 1 aliphatic rings. The fourth-order valence-electron chi connectivity index (χ4n) is 3.62. The van der Waals surface area contributed by atoms with Gasteiger partial charge in [0.25, 0.3) is 5.91 Å². The third-order valence-corrected chi connectivity index (χ3v) is 5.39. The number of benzene rings is 2. The number of amides is 2. The molecule has 0 aliphatic carbocycles. The highest BCUT2D eigenvalue weighted by Gasteiger charge is 2.24. The molecule has 32 heavy (non-hydrogen) atoms. The van der Waals surface area contributed by atoms with Crippen molar-refractivity contribution in [3.8, 4) is 5.75 Å². The number of pyridine rings is 1. The quantitative estimate of drug-likeness (QED) is 0.598. The highest BCUT2D eigenvalue weighted by atomic mass is 19.1. The zero-order valence-corrected chi connectivity index (χ0v) is 17.6. The van der Waals surface area contributed by atoms with Gasteiger partial charge in [-0.15, -0.1) is 0 Å². The van der Waals surface area contributed by atoms with Crippen LogP contribution in [0.1, 0.15) is 21.5 Å². The van der Waals surface area contributed by atoms with Crippen molar-refractivity contribution < 1.29 is 18.7 Å². The number of rotatable bonds is 6. The Kier molecular flexibility index (Phi) is 6.75. The van der Waals surface area contributed by atoms with Crippen LogP contribution in [0.5, 0.6) is 5.75 Å². The first-order chi connectivity index (χ1) is 15.6. The average molecular weight is 433 g/mol. The largest absolute Gasteiger partial charge is 0.489 e. The van der Waals surface area contributed by atoms with Gasteiger partial charge in [-0.3, -0.25) is 14.6 Å². The van der Waals surface area contributed by atoms with Gasteiger partial charge in [-0.05, 0) is 53.6 Å². The summed E-state index contributed by atoms with van der Waals surface area (Å²) in [6, 6.07) is 16.9. The van der Waals surface area contributed by atoms with Gasteiger partial charge in [0.15, 0.2) is 0 Å². The third-order valence-electron chi connectivity index (χ3n) is 5.39. The number of carbonyl (C=O) groups is 2. The molecule has 3 aromatic rings. The van der Waals surface area contributed by atoms with Gasteiger partial charge in [0, 0.05) is 44.1 Å². The molecule has 1 aromatic heterocycles. The summed E-state index contributed by atoms with van der Waals surface area (Å²) in [5, 5.41) is 0. The molecule has 0 saturated carbocycles. The van der Waals surface area contributed by atoms with Gasteiger partial charge < -0.3 is 14.5 Å². The fraction of sp³-hybridized carbons (Fsp3) is 0.240. The lowest BCUT2D eigenvalue weighted by molar-refractivity contribution is -0.131. The maximum atomic E-state index is 13.3. The molecule has 1 saturated heterocycles. The molecule has 0 spiro atoms. The summed E-state index contributed by atoms with van der Waals surface area (Å²) >= 11 is 0. The van der Waals surface area contributed by atoms with Crippen LogP contribution in [0.4, 0.5) is 4.39 Å². The second kappa shape index (κ2) is 10.0. The fourth-order valence-corrected chi connectivity index (χ4v) is 3.62. The Morgan fingerprint density at radius 2 is 1.62 bits per heavy atom. The Morgan fingerprint density at radius 1 is 0.906 bits per heavy atom. The molecule has 1 fully saturated rings. The Bertz CT molecular complexity index is 1070. The van der Waals surface area contributed by atoms with Crippen LogP contribution in [0, 0.1) is 5.82 Å². The summed E-state index contributed by atoms with van der Waals surface area (Å²) in [5.74, 6) is 0.286. The van der Waals surface area contributed by atoms with E-state index in [0.717, 1.165) is 11.1 Å². The number of carbonyl (C=O) groups excluding carboxylic acids is 2. The summed E-state index contributed by atoms with van der Waals surface area (Å²) in [7, 11) is 0. The van der Waals surface area contributed by atoms with Crippen molar-refractivity contribution in [1.82, 2.24) is 14.8 Å². The summed E-state index contributed by atoms with van der Waals surface area (Å²) in [4.78, 5) is 32.9. The van der Waals surface area contributed by atoms with Crippen molar-refractivity contribution >= 4 is 11.8 Å². The summed E-state index contributed by atoms with van der Waals surface area (Å²) in [6.45, 7) is 2.27. The van der Waals surface area contributed by atoms with Crippen LogP contribution in [0.25, 0.3) is 0 Å². The van der Waals surface area contributed by atoms with Crippen LogP contribution in [0.3, 0.4) is 0 Å². The Labute approximate surface area is 186 Å². The van der Waals surface area contributed by atoms with Crippen LogP contribution in [0.15, 0.2) is 73.1 Å². The van der Waals surface area contributed by atoms with Gasteiger partial charge in [0.1, 0.15) is 18.2 Å². The number of halogens is 1. The molecule has 0 N–H and O–H groups in total. The monoisotopic (exact) mass is 433 g/mol. The first-order valence-corrected chi connectivity index (χ1v) is 10.5. The van der Waals surface area contributed by atoms with E-state index in [2.05, 4.69) is 4.98 Å². The number of aromatic nitrogens is 1. The normalized spacial score (nSPS) is 13.7. The second-order valence-corrected chi connectivity index (χ2v) is 7.65. The molecule has 0 unspecified atom stereocenters. The molecule has 0 bridgehead atoms. The van der Waals surface area contributed by atoms with Crippen LogP contribution >= 0.6 is 0 Å². The SMILES string of the molecule is O=C(Cc1cccnc1)N1CCN(C(=O)c2ccc(OCc3cccc(F)c3)cc2)CC1. The molecule has 0 atom stereocenters. The highest BCUT2D eigenvalue weighted by Crippen LogP contribution is 2.17. The van der Waals surface area contributed by atoms with Crippen molar-refractivity contribution in [3.05, 3.63) is 95.6 Å². The van der Waals surface area contributed by atoms with E-state index < -0.39 is 0 Å². The number of hydrogen-bond donors (Lipinski definition) is 0. The van der Waals surface area contributed by atoms with Crippen LogP contribution < -0.4 is 4.74 Å². The van der Waals surface area contributed by atoms with Crippen LogP contribution in [0.2, 0.25) is 0 Å². The van der Waals surface area contributed by atoms with E-state index in [1.165, 1.54) is 12.1 Å². The van der Waals surface area contributed by atoms with E-state index >= 15 is 0 Å². The van der Waals surface area contributed by atoms with E-state index in [-0.39, 0.29) is 24.2 Å². The number of hydrogen-bond acceptors (Lipinski definition) is 4. The second-order valence-electron chi connectivity index (χ2n) is 7.65. The van der Waals surface area contributed by atoms with Crippen LogP contribution in [-0.2, 0) is 17.8 Å². The molecule has 4 rings (SSSR count). The highest BCUT2D eigenvalue weighted by molar-refractivity contribution is 5.94. The van der Waals surface area contributed by atoms with Gasteiger partial charge in [-0.2, -0.15) is 0 Å². The smallest absolute Gasteiger partial charge is 0.253 e. The van der Waals surface area contributed by atoms with Gasteiger partial charge in [0.2, 0.25) is 5.91 Å². The van der Waals surface area contributed by atoms with Gasteiger partial charge in [0.05, 0.1) is 6.42 Å². The minimum Gasteiger partial charge on any atom is -0.489 e. The molecule has 2 heterocycles. The standard InChI is InChI=1S/C25H24FN3O3/c26-22-5-1-3-20(15-22)18-32-23-8-6-21(7-9-23)25(31)29-13-11-28(12-14-29)24(30)16-19-4-2-10-27-17-19/h1-10,15,17H,11-14,16,18H2. The van der Waals surface area contributed by atoms with E-state index in [0.29, 0.717) is 43.9 Å². The van der Waals surface area contributed by atoms with Gasteiger partial charge in [-0.1, -0.05) is 18.2 Å². The number of ether oxygens (including phenoxy) is 1. The molecular weight excluding hydrogens is 409 g/mol. The first kappa shape index (κ1) is 21.5. The number of nitrogens with zero attached hydrogens (tertiary/aromatic N) is 3. The maximum Gasteiger partial charge on any atom is 0.253 e. The summed E-state index contributed by atoms with van der Waals surface area (Å²) in [6.07, 6.45) is 3.70. The molecule has 7 heteroatoms. The molecule has 0 radical (unpaired) electrons. The van der Waals surface area contributed by atoms with E-state index in [1.807, 2.05) is 12.1 Å². The van der Waals surface area contributed by atoms with Crippen molar-refractivity contribution in [2.45, 2.75) is 13.0 Å². The van der Waals surface area contributed by atoms with Crippen molar-refractivity contribution in [3.63, 3.8) is 0 Å². The minimum atomic E-state index is -0.300. The van der Waals surface area contributed by atoms with Crippen molar-refractivity contribution in [1.29, 1.82) is 0 Å². The van der Waals surface area contributed by atoms with Crippen LogP contribution in [-0.4, -0.2) is 52.8 Å². The molecular formula is C25H24FN3O3. The number of piperazine rings is 1. The molecule has 1 aliphatic heterocycles. The minimum absolute atomic E-state index is 0.0462. The first-order valence-electron chi connectivity index (χ1n) is 10.5. The summed E-state index contributed by atoms with van der Waals surface area (Å²) in [5.41, 5.74) is 2.19. The van der Waals surface area contributed by atoms with E-state index in [4.69, 9.17) is 4.74 Å². The lowest BCUT2D eigenvalue weighted by atomic mass is 10.1. The average Bonchev–Trinajstić information content (AvgIpc) is 2.83. The Morgan fingerprint density at radius 3 is 2.31 bits per heavy atom. The summed E-state index contributed by atoms with van der Waals surface area (Å²) < 4.78 is 18.9. The van der Waals surface area contributed by atoms with E-state index in [1.54, 1.807) is 58.6 Å². The zero-order chi connectivity index (χ0) is 22.3. The Hall–Kier alpha value is -3.74. The van der Waals surface area contributed by atoms with Gasteiger partial charge in [-0.25, -0.2) is 4.39 Å². The molecule has 2 amide bonds. The van der Waals surface area contributed by atoms with Gasteiger partial charge >= 0.3 is 0 Å². The zero-order valence-electron chi connectivity index (χ0n) is 17.6. The van der Waals surface area contributed by atoms with Crippen molar-refractivity contribution in [2.24, 2.45) is 0 Å². The topological polar surface area (TPSA) is 62.7 Å². The molecule has 164 valence electrons. The maximum absolute atomic E-state index is 13.3. The van der Waals surface area contributed by atoms with E-state index in [9.17, 15) is 14.0 Å². The Balaban J connectivity index is 1.27. The predicted octanol–water partition coefficient (Wildman–Crippen LogP) is 3.33. The lowest BCUT2D eigenvalue weighted by Crippen LogP contribution is -2.51.